The van der Waals surface area contributed by atoms with Crippen molar-refractivity contribution in [2.24, 2.45) is 0 Å². The van der Waals surface area contributed by atoms with Crippen LogP contribution < -0.4 is 4.72 Å². The van der Waals surface area contributed by atoms with Gasteiger partial charge in [-0.05, 0) is 24.6 Å². The first kappa shape index (κ1) is 13.4. The van der Waals surface area contributed by atoms with Crippen LogP contribution in [0.4, 0.5) is 4.39 Å². The van der Waals surface area contributed by atoms with Crippen LogP contribution in [0, 0.1) is 12.7 Å². The summed E-state index contributed by atoms with van der Waals surface area (Å²) in [6.45, 7) is 3.35. The molecule has 0 saturated carbocycles. The lowest BCUT2D eigenvalue weighted by atomic mass is 10.1. The van der Waals surface area contributed by atoms with Gasteiger partial charge >= 0.3 is 0 Å². The molecule has 16 heavy (non-hydrogen) atoms. The number of nitrogens with one attached hydrogen (secondary N) is 1. The summed E-state index contributed by atoms with van der Waals surface area (Å²) >= 11 is 5.57. The van der Waals surface area contributed by atoms with E-state index in [1.807, 2.05) is 0 Å². The minimum Gasteiger partial charge on any atom is -0.211 e. The number of rotatable bonds is 4. The van der Waals surface area contributed by atoms with E-state index in [0.29, 0.717) is 5.56 Å². The molecule has 0 saturated heterocycles. The van der Waals surface area contributed by atoms with Crippen molar-refractivity contribution in [1.82, 2.24) is 4.72 Å². The molecule has 1 rings (SSSR count). The van der Waals surface area contributed by atoms with Gasteiger partial charge in [0.05, 0.1) is 4.90 Å². The third kappa shape index (κ3) is 2.72. The van der Waals surface area contributed by atoms with Crippen LogP contribution in [0.3, 0.4) is 0 Å². The van der Waals surface area contributed by atoms with E-state index in [1.165, 1.54) is 19.1 Å². The van der Waals surface area contributed by atoms with E-state index in [1.54, 1.807) is 6.92 Å². The summed E-state index contributed by atoms with van der Waals surface area (Å²) in [6.07, 6.45) is 0. The summed E-state index contributed by atoms with van der Waals surface area (Å²) in [7, 11) is -3.64. The predicted molar refractivity (Wildman–Crippen MR) is 61.6 cm³/mol. The van der Waals surface area contributed by atoms with Crippen molar-refractivity contribution in [3.05, 3.63) is 29.1 Å². The Morgan fingerprint density at radius 2 is 2.06 bits per heavy atom. The van der Waals surface area contributed by atoms with E-state index in [-0.39, 0.29) is 22.9 Å². The second-order valence-electron chi connectivity index (χ2n) is 3.34. The average molecular weight is 266 g/mol. The highest BCUT2D eigenvalue weighted by molar-refractivity contribution is 7.89. The Balaban J connectivity index is 3.38. The van der Waals surface area contributed by atoms with E-state index in [2.05, 4.69) is 4.72 Å². The first-order valence-electron chi connectivity index (χ1n) is 4.77. The molecule has 90 valence electrons. The lowest BCUT2D eigenvalue weighted by Crippen LogP contribution is -2.24. The fourth-order valence-electron chi connectivity index (χ4n) is 1.33. The van der Waals surface area contributed by atoms with Crippen LogP contribution in [0.15, 0.2) is 17.0 Å². The molecule has 0 fully saturated rings. The fourth-order valence-corrected chi connectivity index (χ4v) is 2.83. The number of benzene rings is 1. The van der Waals surface area contributed by atoms with Crippen molar-refractivity contribution >= 4 is 21.6 Å². The molecular formula is C10H13ClFNO2S. The smallest absolute Gasteiger partial charge is 0.211 e. The second-order valence-corrected chi connectivity index (χ2v) is 5.34. The van der Waals surface area contributed by atoms with Gasteiger partial charge in [0.15, 0.2) is 0 Å². The molecule has 0 unspecified atom stereocenters. The van der Waals surface area contributed by atoms with Gasteiger partial charge in [-0.15, -0.1) is 11.6 Å². The number of alkyl halides is 1. The molecule has 1 aromatic rings. The van der Waals surface area contributed by atoms with Gasteiger partial charge in [-0.3, -0.25) is 0 Å². The number of halogens is 2. The molecule has 3 nitrogen and oxygen atoms in total. The van der Waals surface area contributed by atoms with Crippen LogP contribution in [0.25, 0.3) is 0 Å². The van der Waals surface area contributed by atoms with Gasteiger partial charge in [0.2, 0.25) is 10.0 Å². The summed E-state index contributed by atoms with van der Waals surface area (Å²) in [5.41, 5.74) is 0.552. The number of hydrogen-bond acceptors (Lipinski definition) is 2. The Kier molecular flexibility index (Phi) is 4.29. The zero-order valence-corrected chi connectivity index (χ0v) is 10.6. The highest BCUT2D eigenvalue weighted by atomic mass is 35.5. The maximum absolute atomic E-state index is 13.4. The first-order chi connectivity index (χ1) is 7.42. The van der Waals surface area contributed by atoms with Gasteiger partial charge in [-0.2, -0.15) is 0 Å². The van der Waals surface area contributed by atoms with Crippen molar-refractivity contribution in [2.75, 3.05) is 6.54 Å². The Bertz CT molecular complexity index is 488. The molecule has 1 aromatic carbocycles. The van der Waals surface area contributed by atoms with Crippen molar-refractivity contribution < 1.29 is 12.8 Å². The van der Waals surface area contributed by atoms with E-state index >= 15 is 0 Å². The molecule has 0 bridgehead atoms. The number of sulfonamides is 1. The largest absolute Gasteiger partial charge is 0.240 e. The quantitative estimate of drug-likeness (QED) is 0.848. The van der Waals surface area contributed by atoms with Crippen molar-refractivity contribution in [1.29, 1.82) is 0 Å². The van der Waals surface area contributed by atoms with Crippen LogP contribution in [0.1, 0.15) is 18.1 Å². The maximum Gasteiger partial charge on any atom is 0.240 e. The van der Waals surface area contributed by atoms with Crippen LogP contribution in [-0.4, -0.2) is 15.0 Å². The SMILES string of the molecule is CCNS(=O)(=O)c1cc(CCl)cc(F)c1C. The van der Waals surface area contributed by atoms with Crippen LogP contribution in [0.2, 0.25) is 0 Å². The van der Waals surface area contributed by atoms with Crippen molar-refractivity contribution in [3.8, 4) is 0 Å². The van der Waals surface area contributed by atoms with Gasteiger partial charge in [0.1, 0.15) is 5.82 Å². The van der Waals surface area contributed by atoms with Crippen molar-refractivity contribution in [3.63, 3.8) is 0 Å². The van der Waals surface area contributed by atoms with Crippen LogP contribution in [-0.2, 0) is 15.9 Å². The van der Waals surface area contributed by atoms with Gasteiger partial charge in [-0.25, -0.2) is 17.5 Å². The molecule has 0 heterocycles. The van der Waals surface area contributed by atoms with Gasteiger partial charge in [0.25, 0.3) is 0 Å². The zero-order chi connectivity index (χ0) is 12.3. The molecule has 0 amide bonds. The molecule has 0 atom stereocenters. The molecule has 0 aliphatic rings. The van der Waals surface area contributed by atoms with Crippen LogP contribution in [0.5, 0.6) is 0 Å². The van der Waals surface area contributed by atoms with E-state index in [0.717, 1.165) is 0 Å². The molecule has 0 aliphatic heterocycles. The van der Waals surface area contributed by atoms with Crippen LogP contribution >= 0.6 is 11.6 Å². The normalized spacial score (nSPS) is 11.8. The Morgan fingerprint density at radius 3 is 2.56 bits per heavy atom. The molecule has 0 aliphatic carbocycles. The van der Waals surface area contributed by atoms with Gasteiger partial charge in [0, 0.05) is 18.0 Å². The predicted octanol–water partition coefficient (Wildman–Crippen LogP) is 2.17. The topological polar surface area (TPSA) is 46.2 Å². The lowest BCUT2D eigenvalue weighted by molar-refractivity contribution is 0.576. The molecule has 0 aromatic heterocycles. The van der Waals surface area contributed by atoms with E-state index in [4.69, 9.17) is 11.6 Å². The molecule has 1 N–H and O–H groups in total. The molecule has 0 spiro atoms. The monoisotopic (exact) mass is 265 g/mol. The van der Waals surface area contributed by atoms with Gasteiger partial charge < -0.3 is 0 Å². The molecule has 6 heteroatoms. The average Bonchev–Trinajstić information content (AvgIpc) is 2.21. The third-order valence-corrected chi connectivity index (χ3v) is 4.12. The maximum atomic E-state index is 13.4. The Morgan fingerprint density at radius 1 is 1.44 bits per heavy atom. The second kappa shape index (κ2) is 5.12. The lowest BCUT2D eigenvalue weighted by Gasteiger charge is -2.10. The van der Waals surface area contributed by atoms with Crippen molar-refractivity contribution in [2.45, 2.75) is 24.6 Å². The third-order valence-electron chi connectivity index (χ3n) is 2.13. The molecule has 0 radical (unpaired) electrons. The van der Waals surface area contributed by atoms with Gasteiger partial charge in [-0.1, -0.05) is 6.92 Å². The number of hydrogen-bond donors (Lipinski definition) is 1. The zero-order valence-electron chi connectivity index (χ0n) is 9.05. The standard InChI is InChI=1S/C10H13ClFNO2S/c1-3-13-16(14,15)10-5-8(6-11)4-9(12)7(10)2/h4-5,13H,3,6H2,1-2H3. The summed E-state index contributed by atoms with van der Waals surface area (Å²) < 4.78 is 39.3. The Hall–Kier alpha value is -0.650. The first-order valence-corrected chi connectivity index (χ1v) is 6.78. The highest BCUT2D eigenvalue weighted by Crippen LogP contribution is 2.21. The molecular weight excluding hydrogens is 253 g/mol. The summed E-state index contributed by atoms with van der Waals surface area (Å²) in [5.74, 6) is -0.485. The Labute approximate surface area is 99.7 Å². The van der Waals surface area contributed by atoms with E-state index < -0.39 is 15.8 Å². The summed E-state index contributed by atoms with van der Waals surface area (Å²) in [5, 5.41) is 0. The van der Waals surface area contributed by atoms with E-state index in [9.17, 15) is 12.8 Å². The minimum atomic E-state index is -3.64. The summed E-state index contributed by atoms with van der Waals surface area (Å²) in [4.78, 5) is -0.0509. The summed E-state index contributed by atoms with van der Waals surface area (Å²) in [6, 6.07) is 2.64. The minimum absolute atomic E-state index is 0.0509. The fraction of sp³-hybridized carbons (Fsp3) is 0.400. The highest BCUT2D eigenvalue weighted by Gasteiger charge is 2.18.